The van der Waals surface area contributed by atoms with Gasteiger partial charge in [-0.15, -0.1) is 11.6 Å². The van der Waals surface area contributed by atoms with E-state index in [1.165, 1.54) is 0 Å². The summed E-state index contributed by atoms with van der Waals surface area (Å²) in [6, 6.07) is 0. The van der Waals surface area contributed by atoms with Gasteiger partial charge in [0.15, 0.2) is 0 Å². The van der Waals surface area contributed by atoms with Crippen LogP contribution in [-0.2, 0) is 4.79 Å². The molecule has 1 heterocycles. The lowest BCUT2D eigenvalue weighted by atomic mass is 10.1. The van der Waals surface area contributed by atoms with Crippen LogP contribution >= 0.6 is 11.6 Å². The van der Waals surface area contributed by atoms with Gasteiger partial charge in [0.05, 0.1) is 6.10 Å². The van der Waals surface area contributed by atoms with Crippen molar-refractivity contribution in [2.45, 2.75) is 17.9 Å². The molecule has 0 aromatic heterocycles. The number of amides is 1. The highest BCUT2D eigenvalue weighted by Gasteiger charge is 2.27. The third-order valence-electron chi connectivity index (χ3n) is 1.33. The molecule has 0 aliphatic carbocycles. The van der Waals surface area contributed by atoms with Crippen LogP contribution in [0.1, 0.15) is 6.42 Å². The van der Waals surface area contributed by atoms with Gasteiger partial charge in [0.2, 0.25) is 5.91 Å². The maximum Gasteiger partial charge on any atom is 0.240 e. The normalized spacial score (nSPS) is 36.0. The van der Waals surface area contributed by atoms with Crippen molar-refractivity contribution < 1.29 is 9.90 Å². The SMILES string of the molecule is O=C1NCC[C@@H](O)[C@@H]1Cl. The van der Waals surface area contributed by atoms with Crippen molar-refractivity contribution in [2.75, 3.05) is 6.54 Å². The fourth-order valence-electron chi connectivity index (χ4n) is 0.762. The summed E-state index contributed by atoms with van der Waals surface area (Å²) >= 11 is 5.46. The Kier molecular flexibility index (Phi) is 1.93. The molecule has 0 radical (unpaired) electrons. The molecular formula is C5H8ClNO2. The molecule has 0 saturated carbocycles. The topological polar surface area (TPSA) is 49.3 Å². The Balaban J connectivity index is 2.51. The van der Waals surface area contributed by atoms with Gasteiger partial charge in [-0.05, 0) is 6.42 Å². The van der Waals surface area contributed by atoms with Crippen LogP contribution in [0.25, 0.3) is 0 Å². The molecule has 0 aromatic rings. The third-order valence-corrected chi connectivity index (χ3v) is 1.82. The van der Waals surface area contributed by atoms with Gasteiger partial charge < -0.3 is 10.4 Å². The Bertz CT molecular complexity index is 128. The summed E-state index contributed by atoms with van der Waals surface area (Å²) < 4.78 is 0. The summed E-state index contributed by atoms with van der Waals surface area (Å²) in [7, 11) is 0. The molecule has 3 nitrogen and oxygen atoms in total. The van der Waals surface area contributed by atoms with Crippen LogP contribution in [-0.4, -0.2) is 29.0 Å². The van der Waals surface area contributed by atoms with E-state index >= 15 is 0 Å². The maximum atomic E-state index is 10.6. The van der Waals surface area contributed by atoms with Crippen molar-refractivity contribution >= 4 is 17.5 Å². The summed E-state index contributed by atoms with van der Waals surface area (Å²) in [6.45, 7) is 0.531. The van der Waals surface area contributed by atoms with E-state index in [1.807, 2.05) is 0 Å². The van der Waals surface area contributed by atoms with Gasteiger partial charge in [-0.1, -0.05) is 0 Å². The summed E-state index contributed by atoms with van der Waals surface area (Å²) in [5.41, 5.74) is 0. The smallest absolute Gasteiger partial charge is 0.240 e. The van der Waals surface area contributed by atoms with Gasteiger partial charge >= 0.3 is 0 Å². The van der Waals surface area contributed by atoms with Crippen molar-refractivity contribution in [2.24, 2.45) is 0 Å². The lowest BCUT2D eigenvalue weighted by Gasteiger charge is -2.21. The molecule has 1 aliphatic rings. The third kappa shape index (κ3) is 1.34. The number of aliphatic hydroxyl groups is 1. The number of halogens is 1. The highest BCUT2D eigenvalue weighted by molar-refractivity contribution is 6.31. The second kappa shape index (κ2) is 2.54. The number of carbonyl (C=O) groups excluding carboxylic acids is 1. The Morgan fingerprint density at radius 1 is 1.78 bits per heavy atom. The van der Waals surface area contributed by atoms with Gasteiger partial charge in [-0.25, -0.2) is 0 Å². The number of hydrogen-bond donors (Lipinski definition) is 2. The number of aliphatic hydroxyl groups excluding tert-OH is 1. The number of nitrogens with one attached hydrogen (secondary N) is 1. The predicted octanol–water partition coefficient (Wildman–Crippen LogP) is -0.525. The van der Waals surface area contributed by atoms with E-state index in [0.717, 1.165) is 0 Å². The van der Waals surface area contributed by atoms with Crippen molar-refractivity contribution in [3.63, 3.8) is 0 Å². The Morgan fingerprint density at radius 3 is 2.89 bits per heavy atom. The lowest BCUT2D eigenvalue weighted by molar-refractivity contribution is -0.124. The molecule has 4 heteroatoms. The van der Waals surface area contributed by atoms with E-state index in [-0.39, 0.29) is 5.91 Å². The molecule has 0 bridgehead atoms. The van der Waals surface area contributed by atoms with Crippen molar-refractivity contribution in [3.8, 4) is 0 Å². The van der Waals surface area contributed by atoms with Gasteiger partial charge in [-0.3, -0.25) is 4.79 Å². The number of hydrogen-bond acceptors (Lipinski definition) is 2. The second-order valence-electron chi connectivity index (χ2n) is 2.05. The first-order valence-electron chi connectivity index (χ1n) is 2.81. The van der Waals surface area contributed by atoms with Crippen molar-refractivity contribution in [3.05, 3.63) is 0 Å². The predicted molar refractivity (Wildman–Crippen MR) is 33.3 cm³/mol. The van der Waals surface area contributed by atoms with E-state index in [9.17, 15) is 4.79 Å². The van der Waals surface area contributed by atoms with Crippen LogP contribution in [0.3, 0.4) is 0 Å². The standard InChI is InChI=1S/C5H8ClNO2/c6-4-3(8)1-2-7-5(4)9/h3-4,8H,1-2H2,(H,7,9)/t3-,4+/m1/s1. The molecule has 0 unspecified atom stereocenters. The molecule has 0 aromatic carbocycles. The van der Waals surface area contributed by atoms with Crippen LogP contribution < -0.4 is 5.32 Å². The molecule has 1 amide bonds. The Hall–Kier alpha value is -0.280. The maximum absolute atomic E-state index is 10.6. The Morgan fingerprint density at radius 2 is 2.44 bits per heavy atom. The fourth-order valence-corrected chi connectivity index (χ4v) is 0.965. The van der Waals surface area contributed by atoms with Gasteiger partial charge in [-0.2, -0.15) is 0 Å². The summed E-state index contributed by atoms with van der Waals surface area (Å²) in [4.78, 5) is 10.6. The van der Waals surface area contributed by atoms with E-state index in [0.29, 0.717) is 13.0 Å². The van der Waals surface area contributed by atoms with Gasteiger partial charge in [0, 0.05) is 6.54 Å². The lowest BCUT2D eigenvalue weighted by Crippen LogP contribution is -2.45. The molecule has 1 rings (SSSR count). The summed E-state index contributed by atoms with van der Waals surface area (Å²) in [6.07, 6.45) is -0.111. The quantitative estimate of drug-likeness (QED) is 0.455. The van der Waals surface area contributed by atoms with Crippen molar-refractivity contribution in [1.82, 2.24) is 5.32 Å². The van der Waals surface area contributed by atoms with Crippen LogP contribution in [0.15, 0.2) is 0 Å². The zero-order valence-corrected chi connectivity index (χ0v) is 5.56. The van der Waals surface area contributed by atoms with E-state index < -0.39 is 11.5 Å². The van der Waals surface area contributed by atoms with Crippen LogP contribution in [0, 0.1) is 0 Å². The molecule has 1 fully saturated rings. The average molecular weight is 150 g/mol. The number of piperidine rings is 1. The zero-order chi connectivity index (χ0) is 6.85. The van der Waals surface area contributed by atoms with E-state index in [2.05, 4.69) is 5.32 Å². The second-order valence-corrected chi connectivity index (χ2v) is 2.52. The minimum atomic E-state index is -0.751. The van der Waals surface area contributed by atoms with Crippen LogP contribution in [0.2, 0.25) is 0 Å². The molecule has 2 N–H and O–H groups in total. The highest BCUT2D eigenvalue weighted by Crippen LogP contribution is 2.09. The zero-order valence-electron chi connectivity index (χ0n) is 4.80. The minimum absolute atomic E-state index is 0.268. The minimum Gasteiger partial charge on any atom is -0.391 e. The first kappa shape index (κ1) is 6.83. The van der Waals surface area contributed by atoms with Crippen molar-refractivity contribution in [1.29, 1.82) is 0 Å². The average Bonchev–Trinajstić information content (AvgIpc) is 1.83. The first-order chi connectivity index (χ1) is 4.22. The summed E-state index contributed by atoms with van der Waals surface area (Å²) in [5.74, 6) is -0.268. The van der Waals surface area contributed by atoms with E-state index in [4.69, 9.17) is 16.7 Å². The molecule has 52 valence electrons. The molecule has 9 heavy (non-hydrogen) atoms. The molecular weight excluding hydrogens is 142 g/mol. The number of rotatable bonds is 0. The first-order valence-corrected chi connectivity index (χ1v) is 3.25. The van der Waals surface area contributed by atoms with Gasteiger partial charge in [0.25, 0.3) is 0 Å². The van der Waals surface area contributed by atoms with Crippen LogP contribution in [0.4, 0.5) is 0 Å². The molecule has 0 spiro atoms. The van der Waals surface area contributed by atoms with Crippen LogP contribution in [0.5, 0.6) is 0 Å². The monoisotopic (exact) mass is 149 g/mol. The number of alkyl halides is 1. The molecule has 2 atom stereocenters. The highest BCUT2D eigenvalue weighted by atomic mass is 35.5. The summed E-state index contributed by atoms with van der Waals surface area (Å²) in [5, 5.41) is 10.7. The fraction of sp³-hybridized carbons (Fsp3) is 0.800. The molecule has 1 saturated heterocycles. The van der Waals surface area contributed by atoms with E-state index in [1.54, 1.807) is 0 Å². The number of carbonyl (C=O) groups is 1. The van der Waals surface area contributed by atoms with Gasteiger partial charge in [0.1, 0.15) is 5.38 Å². The Labute approximate surface area is 58.0 Å². The largest absolute Gasteiger partial charge is 0.391 e. The molecule has 1 aliphatic heterocycles.